The second-order valence-corrected chi connectivity index (χ2v) is 4.78. The maximum atomic E-state index is 11.6. The van der Waals surface area contributed by atoms with E-state index < -0.39 is 0 Å². The molecule has 0 aromatic heterocycles. The second-order valence-electron chi connectivity index (χ2n) is 3.27. The van der Waals surface area contributed by atoms with Gasteiger partial charge in [-0.3, -0.25) is 4.79 Å². The molecule has 0 aliphatic rings. The molecular formula is C9H18N2OS2. The maximum absolute atomic E-state index is 11.6. The van der Waals surface area contributed by atoms with Crippen molar-refractivity contribution in [2.75, 3.05) is 19.1 Å². The van der Waals surface area contributed by atoms with Gasteiger partial charge < -0.3 is 10.6 Å². The van der Waals surface area contributed by atoms with Crippen molar-refractivity contribution in [1.29, 1.82) is 0 Å². The van der Waals surface area contributed by atoms with Crippen molar-refractivity contribution in [3.8, 4) is 0 Å². The quantitative estimate of drug-likeness (QED) is 0.703. The minimum atomic E-state index is 0.0989. The van der Waals surface area contributed by atoms with Crippen molar-refractivity contribution in [1.82, 2.24) is 4.90 Å². The topological polar surface area (TPSA) is 46.3 Å². The average molecular weight is 234 g/mol. The van der Waals surface area contributed by atoms with Crippen molar-refractivity contribution in [2.24, 2.45) is 5.73 Å². The van der Waals surface area contributed by atoms with E-state index in [0.29, 0.717) is 17.8 Å². The summed E-state index contributed by atoms with van der Waals surface area (Å²) in [4.78, 5) is 13.7. The van der Waals surface area contributed by atoms with Crippen molar-refractivity contribution in [3.63, 3.8) is 0 Å². The molecule has 0 heterocycles. The van der Waals surface area contributed by atoms with Crippen LogP contribution in [0, 0.1) is 0 Å². The Morgan fingerprint density at radius 1 is 1.64 bits per heavy atom. The molecule has 0 radical (unpaired) electrons. The van der Waals surface area contributed by atoms with Crippen LogP contribution < -0.4 is 5.73 Å². The first-order valence-electron chi connectivity index (χ1n) is 4.52. The number of thiocarbonyl (C=S) groups is 1. The van der Waals surface area contributed by atoms with Crippen LogP contribution >= 0.6 is 24.0 Å². The standard InChI is InChI=1S/C9H18N2OS2/c1-7(6-8(10)13)11(2)9(12)4-5-14-3/h7H,4-6H2,1-3H3,(H2,10,13). The lowest BCUT2D eigenvalue weighted by molar-refractivity contribution is -0.131. The summed E-state index contributed by atoms with van der Waals surface area (Å²) in [7, 11) is 1.80. The highest BCUT2D eigenvalue weighted by Gasteiger charge is 2.15. The Morgan fingerprint density at radius 3 is 2.64 bits per heavy atom. The second kappa shape index (κ2) is 7.06. The average Bonchev–Trinajstić information content (AvgIpc) is 2.11. The van der Waals surface area contributed by atoms with E-state index >= 15 is 0 Å². The minimum absolute atomic E-state index is 0.0989. The van der Waals surface area contributed by atoms with Gasteiger partial charge in [0.2, 0.25) is 5.91 Å². The Labute approximate surface area is 95.4 Å². The van der Waals surface area contributed by atoms with E-state index in [2.05, 4.69) is 0 Å². The molecule has 14 heavy (non-hydrogen) atoms. The number of hydrogen-bond donors (Lipinski definition) is 1. The molecule has 0 saturated heterocycles. The molecule has 0 aliphatic heterocycles. The van der Waals surface area contributed by atoms with Crippen LogP contribution in [0.5, 0.6) is 0 Å². The molecular weight excluding hydrogens is 216 g/mol. The van der Waals surface area contributed by atoms with Crippen LogP contribution in [0.4, 0.5) is 0 Å². The highest BCUT2D eigenvalue weighted by molar-refractivity contribution is 7.98. The van der Waals surface area contributed by atoms with Crippen LogP contribution in [0.1, 0.15) is 19.8 Å². The van der Waals surface area contributed by atoms with E-state index in [1.54, 1.807) is 23.7 Å². The summed E-state index contributed by atoms with van der Waals surface area (Å²) in [6, 6.07) is 0.0989. The van der Waals surface area contributed by atoms with Crippen molar-refractivity contribution in [2.45, 2.75) is 25.8 Å². The number of hydrogen-bond acceptors (Lipinski definition) is 3. The van der Waals surface area contributed by atoms with Gasteiger partial charge in [-0.1, -0.05) is 12.2 Å². The normalized spacial score (nSPS) is 12.2. The third-order valence-corrected chi connectivity index (χ3v) is 2.85. The predicted molar refractivity (Wildman–Crippen MR) is 66.6 cm³/mol. The molecule has 1 unspecified atom stereocenters. The lowest BCUT2D eigenvalue weighted by Crippen LogP contribution is -2.37. The Kier molecular flexibility index (Phi) is 6.92. The summed E-state index contributed by atoms with van der Waals surface area (Å²) in [5.41, 5.74) is 5.42. The van der Waals surface area contributed by atoms with E-state index in [9.17, 15) is 4.79 Å². The lowest BCUT2D eigenvalue weighted by Gasteiger charge is -2.24. The van der Waals surface area contributed by atoms with Gasteiger partial charge in [0.05, 0.1) is 4.99 Å². The number of thioether (sulfide) groups is 1. The van der Waals surface area contributed by atoms with Gasteiger partial charge in [0.25, 0.3) is 0 Å². The molecule has 0 rings (SSSR count). The zero-order valence-corrected chi connectivity index (χ0v) is 10.6. The molecule has 82 valence electrons. The number of amides is 1. The third kappa shape index (κ3) is 5.44. The first-order chi connectivity index (χ1) is 6.49. The third-order valence-electron chi connectivity index (χ3n) is 2.07. The van der Waals surface area contributed by atoms with Crippen LogP contribution in [0.25, 0.3) is 0 Å². The monoisotopic (exact) mass is 234 g/mol. The SMILES string of the molecule is CSCCC(=O)N(C)C(C)CC(N)=S. The van der Waals surface area contributed by atoms with Gasteiger partial charge >= 0.3 is 0 Å². The fraction of sp³-hybridized carbons (Fsp3) is 0.778. The molecule has 5 heteroatoms. The minimum Gasteiger partial charge on any atom is -0.393 e. The molecule has 3 nitrogen and oxygen atoms in total. The number of carbonyl (C=O) groups excluding carboxylic acids is 1. The van der Waals surface area contributed by atoms with Crippen LogP contribution in [0.15, 0.2) is 0 Å². The van der Waals surface area contributed by atoms with E-state index in [1.807, 2.05) is 13.2 Å². The zero-order valence-electron chi connectivity index (χ0n) is 8.95. The van der Waals surface area contributed by atoms with Gasteiger partial charge in [-0.15, -0.1) is 0 Å². The van der Waals surface area contributed by atoms with Gasteiger partial charge in [-0.05, 0) is 13.2 Å². The van der Waals surface area contributed by atoms with Crippen molar-refractivity contribution >= 4 is 34.9 Å². The van der Waals surface area contributed by atoms with Gasteiger partial charge in [-0.2, -0.15) is 11.8 Å². The molecule has 0 spiro atoms. The number of nitrogens with two attached hydrogens (primary N) is 1. The van der Waals surface area contributed by atoms with Gasteiger partial charge in [0.1, 0.15) is 0 Å². The summed E-state index contributed by atoms with van der Waals surface area (Å²) in [6.45, 7) is 1.95. The number of carbonyl (C=O) groups is 1. The maximum Gasteiger partial charge on any atom is 0.223 e. The largest absolute Gasteiger partial charge is 0.393 e. The summed E-state index contributed by atoms with van der Waals surface area (Å²) >= 11 is 6.48. The summed E-state index contributed by atoms with van der Waals surface area (Å²) < 4.78 is 0. The molecule has 0 aromatic rings. The summed E-state index contributed by atoms with van der Waals surface area (Å²) in [5.74, 6) is 1.02. The van der Waals surface area contributed by atoms with Crippen LogP contribution in [-0.2, 0) is 4.79 Å². The Hall–Kier alpha value is -0.290. The van der Waals surface area contributed by atoms with Crippen LogP contribution in [0.3, 0.4) is 0 Å². The molecule has 1 amide bonds. The van der Waals surface area contributed by atoms with Gasteiger partial charge in [-0.25, -0.2) is 0 Å². The fourth-order valence-corrected chi connectivity index (χ4v) is 1.66. The van der Waals surface area contributed by atoms with Crippen molar-refractivity contribution in [3.05, 3.63) is 0 Å². The molecule has 2 N–H and O–H groups in total. The summed E-state index contributed by atoms with van der Waals surface area (Å²) in [6.07, 6.45) is 3.17. The molecule has 0 aliphatic carbocycles. The van der Waals surface area contributed by atoms with Crippen molar-refractivity contribution < 1.29 is 4.79 Å². The Balaban J connectivity index is 3.96. The zero-order chi connectivity index (χ0) is 11.1. The molecule has 0 aromatic carbocycles. The van der Waals surface area contributed by atoms with Crippen LogP contribution in [-0.4, -0.2) is 40.9 Å². The Bertz CT molecular complexity index is 209. The lowest BCUT2D eigenvalue weighted by atomic mass is 10.2. The first-order valence-corrected chi connectivity index (χ1v) is 6.32. The van der Waals surface area contributed by atoms with E-state index in [-0.39, 0.29) is 11.9 Å². The fourth-order valence-electron chi connectivity index (χ4n) is 1.04. The van der Waals surface area contributed by atoms with E-state index in [0.717, 1.165) is 5.75 Å². The van der Waals surface area contributed by atoms with Gasteiger partial charge in [0.15, 0.2) is 0 Å². The first kappa shape index (κ1) is 13.7. The smallest absolute Gasteiger partial charge is 0.223 e. The predicted octanol–water partition coefficient (Wildman–Crippen LogP) is 1.26. The summed E-state index contributed by atoms with van der Waals surface area (Å²) in [5, 5.41) is 0. The Morgan fingerprint density at radius 2 is 2.21 bits per heavy atom. The molecule has 0 bridgehead atoms. The number of rotatable bonds is 6. The number of nitrogens with zero attached hydrogens (tertiary/aromatic N) is 1. The molecule has 0 saturated carbocycles. The van der Waals surface area contributed by atoms with E-state index in [1.165, 1.54) is 0 Å². The highest BCUT2D eigenvalue weighted by Crippen LogP contribution is 2.05. The molecule has 1 atom stereocenters. The van der Waals surface area contributed by atoms with Crippen LogP contribution in [0.2, 0.25) is 0 Å². The molecule has 0 fully saturated rings. The highest BCUT2D eigenvalue weighted by atomic mass is 32.2. The van der Waals surface area contributed by atoms with E-state index in [4.69, 9.17) is 18.0 Å². The van der Waals surface area contributed by atoms with Gasteiger partial charge in [0, 0.05) is 31.7 Å².